The Morgan fingerprint density at radius 1 is 1.23 bits per heavy atom. The maximum Gasteiger partial charge on any atom is 0.231 e. The van der Waals surface area contributed by atoms with Crippen molar-refractivity contribution in [2.75, 3.05) is 29.9 Å². The molecule has 4 nitrogen and oxygen atoms in total. The van der Waals surface area contributed by atoms with Gasteiger partial charge in [0.25, 0.3) is 0 Å². The summed E-state index contributed by atoms with van der Waals surface area (Å²) >= 11 is 0. The number of rotatable bonds is 5. The summed E-state index contributed by atoms with van der Waals surface area (Å²) in [6.07, 6.45) is 0. The third-order valence-electron chi connectivity index (χ3n) is 4.84. The average molecular weight is 352 g/mol. The zero-order valence-electron chi connectivity index (χ0n) is 16.1. The molecule has 26 heavy (non-hydrogen) atoms. The highest BCUT2D eigenvalue weighted by atomic mass is 16.5. The Morgan fingerprint density at radius 2 is 2.00 bits per heavy atom. The van der Waals surface area contributed by atoms with Gasteiger partial charge in [-0.3, -0.25) is 4.79 Å². The Bertz CT molecular complexity index is 785. The fourth-order valence-corrected chi connectivity index (χ4v) is 3.31. The van der Waals surface area contributed by atoms with Crippen LogP contribution in [-0.2, 0) is 4.79 Å². The fraction of sp³-hybridized carbons (Fsp3) is 0.409. The Kier molecular flexibility index (Phi) is 5.50. The van der Waals surface area contributed by atoms with Crippen LogP contribution in [0.3, 0.4) is 0 Å². The van der Waals surface area contributed by atoms with Crippen LogP contribution in [0.4, 0.5) is 11.4 Å². The quantitative estimate of drug-likeness (QED) is 0.855. The molecule has 1 aliphatic rings. The molecule has 1 amide bonds. The smallest absolute Gasteiger partial charge is 0.231 e. The number of nitrogens with zero attached hydrogens (tertiary/aromatic N) is 1. The summed E-state index contributed by atoms with van der Waals surface area (Å²) in [5, 5.41) is 3.37. The number of ether oxygens (including phenoxy) is 1. The number of carbonyl (C=O) groups excluding carboxylic acids is 1. The highest BCUT2D eigenvalue weighted by Gasteiger charge is 2.27. The molecule has 138 valence electrons. The van der Waals surface area contributed by atoms with Crippen molar-refractivity contribution < 1.29 is 9.53 Å². The first-order chi connectivity index (χ1) is 12.5. The van der Waals surface area contributed by atoms with Crippen molar-refractivity contribution in [3.63, 3.8) is 0 Å². The molecule has 0 bridgehead atoms. The van der Waals surface area contributed by atoms with Gasteiger partial charge < -0.3 is 15.0 Å². The number of carbonyl (C=O) groups is 1. The second-order valence-electron chi connectivity index (χ2n) is 7.33. The summed E-state index contributed by atoms with van der Waals surface area (Å²) in [4.78, 5) is 14.7. The van der Waals surface area contributed by atoms with Gasteiger partial charge in [0, 0.05) is 6.54 Å². The molecule has 1 aliphatic heterocycles. The Morgan fingerprint density at radius 3 is 2.77 bits per heavy atom. The zero-order chi connectivity index (χ0) is 18.7. The van der Waals surface area contributed by atoms with Crippen LogP contribution in [0.1, 0.15) is 37.8 Å². The van der Waals surface area contributed by atoms with E-state index in [0.717, 1.165) is 17.1 Å². The van der Waals surface area contributed by atoms with Crippen molar-refractivity contribution in [3.05, 3.63) is 53.6 Å². The third kappa shape index (κ3) is 3.85. The largest absolute Gasteiger partial charge is 0.491 e. The summed E-state index contributed by atoms with van der Waals surface area (Å²) in [5.41, 5.74) is 4.31. The summed E-state index contributed by atoms with van der Waals surface area (Å²) in [7, 11) is 0. The van der Waals surface area contributed by atoms with E-state index in [-0.39, 0.29) is 11.8 Å². The minimum absolute atomic E-state index is 0.0624. The molecule has 4 heteroatoms. The molecule has 2 aromatic carbocycles. The maximum absolute atomic E-state index is 12.8. The van der Waals surface area contributed by atoms with Crippen LogP contribution in [0.5, 0.6) is 5.75 Å². The van der Waals surface area contributed by atoms with Gasteiger partial charge in [-0.15, -0.1) is 0 Å². The van der Waals surface area contributed by atoms with Crippen molar-refractivity contribution in [3.8, 4) is 5.75 Å². The molecule has 0 aliphatic carbocycles. The molecule has 0 saturated heterocycles. The molecule has 0 aromatic heterocycles. The predicted octanol–water partition coefficient (Wildman–Crippen LogP) is 4.59. The van der Waals surface area contributed by atoms with Crippen molar-refractivity contribution in [2.45, 2.75) is 33.6 Å². The van der Waals surface area contributed by atoms with Crippen LogP contribution in [0.15, 0.2) is 42.5 Å². The summed E-state index contributed by atoms with van der Waals surface area (Å²) < 4.78 is 6.11. The minimum atomic E-state index is -0.0624. The number of nitrogens with one attached hydrogen (secondary N) is 1. The zero-order valence-corrected chi connectivity index (χ0v) is 16.1. The van der Waals surface area contributed by atoms with Crippen molar-refractivity contribution in [1.82, 2.24) is 0 Å². The van der Waals surface area contributed by atoms with Gasteiger partial charge in [0.1, 0.15) is 12.4 Å². The Labute approximate surface area is 156 Å². The fourth-order valence-electron chi connectivity index (χ4n) is 3.31. The van der Waals surface area contributed by atoms with E-state index >= 15 is 0 Å². The van der Waals surface area contributed by atoms with Gasteiger partial charge in [-0.25, -0.2) is 0 Å². The van der Waals surface area contributed by atoms with Gasteiger partial charge in [0.15, 0.2) is 0 Å². The van der Waals surface area contributed by atoms with Crippen LogP contribution in [0, 0.1) is 12.8 Å². The van der Waals surface area contributed by atoms with Gasteiger partial charge in [0.2, 0.25) is 5.91 Å². The van der Waals surface area contributed by atoms with E-state index in [1.54, 1.807) is 0 Å². The summed E-state index contributed by atoms with van der Waals surface area (Å²) in [6, 6.07) is 14.3. The summed E-state index contributed by atoms with van der Waals surface area (Å²) in [6.45, 7) is 10.0. The van der Waals surface area contributed by atoms with E-state index in [9.17, 15) is 4.79 Å². The number of para-hydroxylation sites is 2. The van der Waals surface area contributed by atoms with Crippen LogP contribution < -0.4 is 15.0 Å². The van der Waals surface area contributed by atoms with Crippen molar-refractivity contribution >= 4 is 17.3 Å². The van der Waals surface area contributed by atoms with Crippen molar-refractivity contribution in [2.24, 2.45) is 5.92 Å². The highest BCUT2D eigenvalue weighted by molar-refractivity contribution is 5.99. The molecule has 1 heterocycles. The molecule has 1 N–H and O–H groups in total. The lowest BCUT2D eigenvalue weighted by molar-refractivity contribution is -0.121. The van der Waals surface area contributed by atoms with Gasteiger partial charge in [-0.1, -0.05) is 45.0 Å². The van der Waals surface area contributed by atoms with Crippen molar-refractivity contribution in [1.29, 1.82) is 0 Å². The van der Waals surface area contributed by atoms with E-state index in [1.807, 2.05) is 36.1 Å². The molecule has 0 unspecified atom stereocenters. The molecule has 1 atom stereocenters. The van der Waals surface area contributed by atoms with E-state index in [2.05, 4.69) is 44.3 Å². The monoisotopic (exact) mass is 352 g/mol. The molecule has 0 spiro atoms. The second-order valence-corrected chi connectivity index (χ2v) is 7.33. The molecular formula is C22H28N2O2. The summed E-state index contributed by atoms with van der Waals surface area (Å²) in [5.74, 6) is 1.39. The maximum atomic E-state index is 12.8. The molecule has 0 saturated carbocycles. The Balaban J connectivity index is 1.77. The molecule has 0 radical (unpaired) electrons. The van der Waals surface area contributed by atoms with Gasteiger partial charge >= 0.3 is 0 Å². The topological polar surface area (TPSA) is 41.6 Å². The molecule has 2 aromatic rings. The SMILES string of the molecule is Cc1ccc(C(C)C)c(OCCN2C(=O)[C@@H](C)CNc3ccccc32)c1. The predicted molar refractivity (Wildman–Crippen MR) is 107 cm³/mol. The lowest BCUT2D eigenvalue weighted by Gasteiger charge is -2.24. The Hall–Kier alpha value is -2.49. The van der Waals surface area contributed by atoms with E-state index < -0.39 is 0 Å². The number of fused-ring (bicyclic) bond motifs is 1. The number of hydrogen-bond acceptors (Lipinski definition) is 3. The standard InChI is InChI=1S/C22H28N2O2/c1-15(2)18-10-9-16(3)13-21(18)26-12-11-24-20-8-6-5-7-19(20)23-14-17(4)22(24)25/h5-10,13,15,17,23H,11-12,14H2,1-4H3/t17-/m0/s1. The number of benzene rings is 2. The first-order valence-electron chi connectivity index (χ1n) is 9.35. The molecular weight excluding hydrogens is 324 g/mol. The average Bonchev–Trinajstić information content (AvgIpc) is 2.73. The number of aryl methyl sites for hydroxylation is 1. The van der Waals surface area contributed by atoms with Gasteiger partial charge in [0.05, 0.1) is 23.8 Å². The van der Waals surface area contributed by atoms with Crippen LogP contribution in [0.25, 0.3) is 0 Å². The van der Waals surface area contributed by atoms with Gasteiger partial charge in [-0.2, -0.15) is 0 Å². The first-order valence-corrected chi connectivity index (χ1v) is 9.35. The molecule has 0 fully saturated rings. The number of amides is 1. The lowest BCUT2D eigenvalue weighted by Crippen LogP contribution is -2.38. The lowest BCUT2D eigenvalue weighted by atomic mass is 10.0. The number of hydrogen-bond donors (Lipinski definition) is 1. The first kappa shape index (κ1) is 18.3. The highest BCUT2D eigenvalue weighted by Crippen LogP contribution is 2.31. The van der Waals surface area contributed by atoms with E-state index in [0.29, 0.717) is 25.6 Å². The van der Waals surface area contributed by atoms with Gasteiger partial charge in [-0.05, 0) is 42.2 Å². The van der Waals surface area contributed by atoms with Crippen LogP contribution in [-0.4, -0.2) is 25.6 Å². The second kappa shape index (κ2) is 7.81. The minimum Gasteiger partial charge on any atom is -0.491 e. The van der Waals surface area contributed by atoms with E-state index in [4.69, 9.17) is 4.74 Å². The third-order valence-corrected chi connectivity index (χ3v) is 4.84. The van der Waals surface area contributed by atoms with Crippen LogP contribution >= 0.6 is 0 Å². The normalized spacial score (nSPS) is 16.9. The van der Waals surface area contributed by atoms with Crippen LogP contribution in [0.2, 0.25) is 0 Å². The van der Waals surface area contributed by atoms with E-state index in [1.165, 1.54) is 11.1 Å². The molecule has 3 rings (SSSR count). The number of anilines is 2.